The van der Waals surface area contributed by atoms with Gasteiger partial charge in [0.1, 0.15) is 18.1 Å². The molecule has 6 nitrogen and oxygen atoms in total. The van der Waals surface area contributed by atoms with E-state index in [9.17, 15) is 9.35 Å². The van der Waals surface area contributed by atoms with Gasteiger partial charge < -0.3 is 14.4 Å². The normalized spacial score (nSPS) is 18.8. The molecule has 3 aromatic rings. The van der Waals surface area contributed by atoms with Crippen LogP contribution in [0.25, 0.3) is 22.4 Å². The smallest absolute Gasteiger partial charge is 0.329 e. The molecule has 0 amide bonds. The van der Waals surface area contributed by atoms with Gasteiger partial charge >= 0.3 is 5.97 Å². The lowest BCUT2D eigenvalue weighted by Crippen LogP contribution is -2.24. The summed E-state index contributed by atoms with van der Waals surface area (Å²) in [6, 6.07) is 18.9. The minimum atomic E-state index is -0.915. The van der Waals surface area contributed by atoms with E-state index in [1.54, 1.807) is 6.26 Å². The topological polar surface area (TPSA) is 87.4 Å². The van der Waals surface area contributed by atoms with E-state index in [1.165, 1.54) is 5.56 Å². The van der Waals surface area contributed by atoms with Crippen molar-refractivity contribution in [3.63, 3.8) is 0 Å². The summed E-state index contributed by atoms with van der Waals surface area (Å²) in [7, 11) is 0. The predicted octanol–water partition coefficient (Wildman–Crippen LogP) is 5.35. The van der Waals surface area contributed by atoms with Crippen molar-refractivity contribution in [1.82, 2.24) is 9.78 Å². The van der Waals surface area contributed by atoms with Gasteiger partial charge in [0.25, 0.3) is 0 Å². The molecule has 1 N–H and O–H groups in total. The number of rotatable bonds is 11. The zero-order valence-electron chi connectivity index (χ0n) is 21.2. The first kappa shape index (κ1) is 26.5. The molecule has 1 aromatic heterocycles. The summed E-state index contributed by atoms with van der Waals surface area (Å²) >= 11 is -0.894. The van der Waals surface area contributed by atoms with Crippen LogP contribution in [0.15, 0.2) is 54.6 Å². The van der Waals surface area contributed by atoms with E-state index in [-0.39, 0.29) is 6.61 Å². The van der Waals surface area contributed by atoms with Crippen LogP contribution in [0.5, 0.6) is 0 Å². The molecule has 2 aromatic carbocycles. The summed E-state index contributed by atoms with van der Waals surface area (Å²) in [6.07, 6.45) is 6.69. The molecule has 1 saturated carbocycles. The average Bonchev–Trinajstić information content (AvgIpc) is 3.22. The van der Waals surface area contributed by atoms with Crippen LogP contribution in [0.3, 0.4) is 0 Å². The highest BCUT2D eigenvalue weighted by Gasteiger charge is 2.26. The van der Waals surface area contributed by atoms with Gasteiger partial charge in [-0.2, -0.15) is 5.10 Å². The summed E-state index contributed by atoms with van der Waals surface area (Å²) < 4.78 is 19.6. The van der Waals surface area contributed by atoms with Gasteiger partial charge in [-0.1, -0.05) is 71.3 Å². The maximum atomic E-state index is 12.1. The van der Waals surface area contributed by atoms with E-state index < -0.39 is 17.1 Å². The zero-order valence-corrected chi connectivity index (χ0v) is 22.0. The number of ether oxygens (including phenoxy) is 1. The predicted molar refractivity (Wildman–Crippen MR) is 144 cm³/mol. The number of benzene rings is 2. The summed E-state index contributed by atoms with van der Waals surface area (Å²) in [4.78, 5) is 10.7. The largest absolute Gasteiger partial charge is 0.617 e. The van der Waals surface area contributed by atoms with Crippen molar-refractivity contribution in [3.05, 3.63) is 65.9 Å². The number of hydrogen-bond donors (Lipinski definition) is 1. The lowest BCUT2D eigenvalue weighted by atomic mass is 9.82. The molecule has 0 radical (unpaired) electrons. The van der Waals surface area contributed by atoms with Gasteiger partial charge in [-0.25, -0.2) is 4.79 Å². The monoisotopic (exact) mass is 508 g/mol. The maximum Gasteiger partial charge on any atom is 0.329 e. The molecule has 1 heterocycles. The number of aryl methyl sites for hydroxylation is 1. The minimum absolute atomic E-state index is 0.223. The molecule has 1 unspecified atom stereocenters. The van der Waals surface area contributed by atoms with Crippen molar-refractivity contribution in [3.8, 4) is 22.4 Å². The van der Waals surface area contributed by atoms with Crippen molar-refractivity contribution >= 4 is 17.1 Å². The molecule has 0 aliphatic heterocycles. The summed E-state index contributed by atoms with van der Waals surface area (Å²) in [6.45, 7) is 3.24. The lowest BCUT2D eigenvalue weighted by Gasteiger charge is -2.28. The lowest BCUT2D eigenvalue weighted by molar-refractivity contribution is -0.142. The number of aromatic nitrogens is 2. The van der Waals surface area contributed by atoms with E-state index in [2.05, 4.69) is 48.0 Å². The van der Waals surface area contributed by atoms with Gasteiger partial charge in [0, 0.05) is 24.1 Å². The Morgan fingerprint density at radius 3 is 2.44 bits per heavy atom. The Kier molecular flexibility index (Phi) is 9.24. The van der Waals surface area contributed by atoms with Gasteiger partial charge in [-0.15, -0.1) is 0 Å². The van der Waals surface area contributed by atoms with E-state index in [0.29, 0.717) is 30.6 Å². The third-order valence-corrected chi connectivity index (χ3v) is 7.79. The average molecular weight is 509 g/mol. The molecule has 1 aliphatic rings. The Morgan fingerprint density at radius 2 is 1.78 bits per heavy atom. The Hall–Kier alpha value is -2.61. The fraction of sp³-hybridized carbons (Fsp3) is 0.448. The first-order chi connectivity index (χ1) is 17.4. The fourth-order valence-electron chi connectivity index (χ4n) is 5.18. The molecule has 0 spiro atoms. The zero-order chi connectivity index (χ0) is 25.5. The Labute approximate surface area is 216 Å². The number of aliphatic carboxylic acids is 1. The van der Waals surface area contributed by atoms with Crippen molar-refractivity contribution < 1.29 is 19.2 Å². The molecular formula is C29H36N2O4S. The van der Waals surface area contributed by atoms with E-state index in [1.807, 2.05) is 18.2 Å². The van der Waals surface area contributed by atoms with Gasteiger partial charge in [-0.3, -0.25) is 4.68 Å². The van der Waals surface area contributed by atoms with Crippen LogP contribution < -0.4 is 0 Å². The van der Waals surface area contributed by atoms with Crippen molar-refractivity contribution in [2.45, 2.75) is 45.6 Å². The Bertz CT molecular complexity index is 1140. The standard InChI is InChI=1S/C29H36N2O4S/c1-21-7-6-10-25(17-21)28-26(15-16-36(2)34)31(30-29(28)24-8-4-3-5-9-24)18-22-11-13-23(14-12-22)19-35-20-27(32)33/h3-10,17,22-23H,11-16,18-20H2,1-2H3,(H,32,33)/t22-,23+,36?. The molecule has 1 aliphatic carbocycles. The SMILES string of the molecule is Cc1cccc(-c2c(-c3ccccc3)nn(C[C@H]3CC[C@@H](COCC(=O)O)CC3)c2CC[S+](C)[O-])c1. The van der Waals surface area contributed by atoms with Crippen molar-refractivity contribution in [1.29, 1.82) is 0 Å². The second-order valence-electron chi connectivity index (χ2n) is 9.91. The van der Waals surface area contributed by atoms with E-state index in [0.717, 1.165) is 60.3 Å². The highest BCUT2D eigenvalue weighted by Crippen LogP contribution is 2.37. The Morgan fingerprint density at radius 1 is 1.08 bits per heavy atom. The first-order valence-electron chi connectivity index (χ1n) is 12.7. The van der Waals surface area contributed by atoms with Crippen LogP contribution in [0, 0.1) is 18.8 Å². The minimum Gasteiger partial charge on any atom is -0.617 e. The quantitative estimate of drug-likeness (QED) is 0.353. The number of nitrogens with zero attached hydrogens (tertiary/aromatic N) is 2. The maximum absolute atomic E-state index is 12.1. The summed E-state index contributed by atoms with van der Waals surface area (Å²) in [5, 5.41) is 14.0. The van der Waals surface area contributed by atoms with Crippen LogP contribution in [0.4, 0.5) is 0 Å². The molecule has 0 saturated heterocycles. The molecule has 4 rings (SSSR count). The fourth-order valence-corrected chi connectivity index (χ4v) is 5.66. The Balaban J connectivity index is 1.62. The van der Waals surface area contributed by atoms with Gasteiger partial charge in [0.15, 0.2) is 0 Å². The summed E-state index contributed by atoms with van der Waals surface area (Å²) in [5.41, 5.74) is 6.72. The highest BCUT2D eigenvalue weighted by molar-refractivity contribution is 7.90. The number of hydrogen-bond acceptors (Lipinski definition) is 4. The molecule has 0 bridgehead atoms. The third kappa shape index (κ3) is 6.99. The second-order valence-corrected chi connectivity index (χ2v) is 11.5. The number of carboxylic acid groups (broad SMARTS) is 1. The van der Waals surface area contributed by atoms with E-state index in [4.69, 9.17) is 14.9 Å². The molecular weight excluding hydrogens is 472 g/mol. The molecule has 192 valence electrons. The molecule has 1 atom stereocenters. The van der Waals surface area contributed by atoms with E-state index >= 15 is 0 Å². The molecule has 7 heteroatoms. The third-order valence-electron chi connectivity index (χ3n) is 7.01. The highest BCUT2D eigenvalue weighted by atomic mass is 32.2. The van der Waals surface area contributed by atoms with Gasteiger partial charge in [0.2, 0.25) is 0 Å². The molecule has 36 heavy (non-hydrogen) atoms. The van der Waals surface area contributed by atoms with Crippen LogP contribution >= 0.6 is 0 Å². The first-order valence-corrected chi connectivity index (χ1v) is 14.4. The van der Waals surface area contributed by atoms with Crippen LogP contribution in [-0.4, -0.2) is 50.6 Å². The van der Waals surface area contributed by atoms with Crippen LogP contribution in [0.2, 0.25) is 0 Å². The second kappa shape index (κ2) is 12.6. The van der Waals surface area contributed by atoms with Crippen LogP contribution in [-0.2, 0) is 33.7 Å². The molecule has 1 fully saturated rings. The number of carboxylic acids is 1. The van der Waals surface area contributed by atoms with Crippen LogP contribution in [0.1, 0.15) is 36.9 Å². The number of carbonyl (C=O) groups is 1. The summed E-state index contributed by atoms with van der Waals surface area (Å²) in [5.74, 6) is 0.608. The van der Waals surface area contributed by atoms with Crippen molar-refractivity contribution in [2.75, 3.05) is 25.2 Å². The van der Waals surface area contributed by atoms with Gasteiger partial charge in [0.05, 0.1) is 18.6 Å². The van der Waals surface area contributed by atoms with Crippen molar-refractivity contribution in [2.24, 2.45) is 11.8 Å². The van der Waals surface area contributed by atoms with Gasteiger partial charge in [-0.05, 0) is 50.0 Å².